The number of rotatable bonds is 10. The Balaban J connectivity index is 3.37. The Morgan fingerprint density at radius 2 is 1.87 bits per heavy atom. The van der Waals surface area contributed by atoms with Crippen LogP contribution in [0.3, 0.4) is 0 Å². The molecule has 0 saturated heterocycles. The Labute approximate surface area is 95.0 Å². The molecule has 15 heavy (non-hydrogen) atoms. The Hall–Kier alpha value is -0.0800. The highest BCUT2D eigenvalue weighted by atomic mass is 16.5. The van der Waals surface area contributed by atoms with Crippen LogP contribution in [-0.4, -0.2) is 19.3 Å². The fourth-order valence-corrected chi connectivity index (χ4v) is 1.60. The first-order valence-corrected chi connectivity index (χ1v) is 6.44. The summed E-state index contributed by atoms with van der Waals surface area (Å²) in [6, 6.07) is 0. The van der Waals surface area contributed by atoms with Crippen molar-refractivity contribution in [1.82, 2.24) is 0 Å². The lowest BCUT2D eigenvalue weighted by molar-refractivity contribution is 0.0373. The van der Waals surface area contributed by atoms with Crippen LogP contribution in [0, 0.1) is 5.92 Å². The smallest absolute Gasteiger partial charge is 0.0847 e. The summed E-state index contributed by atoms with van der Waals surface area (Å²) in [5.41, 5.74) is 0. The Kier molecular flexibility index (Phi) is 10.4. The molecule has 0 heterocycles. The average Bonchev–Trinajstić information content (AvgIpc) is 2.27. The van der Waals surface area contributed by atoms with Gasteiger partial charge in [0.2, 0.25) is 0 Å². The summed E-state index contributed by atoms with van der Waals surface area (Å²) in [6.45, 7) is 7.28. The SMILES string of the molecule is CCCCC(CC)OCCCC(C)C[O]. The minimum Gasteiger partial charge on any atom is -0.378 e. The van der Waals surface area contributed by atoms with Crippen molar-refractivity contribution >= 4 is 0 Å². The minimum atomic E-state index is 0.0487. The maximum atomic E-state index is 10.5. The molecule has 0 spiro atoms. The van der Waals surface area contributed by atoms with Crippen molar-refractivity contribution in [1.29, 1.82) is 0 Å². The van der Waals surface area contributed by atoms with E-state index < -0.39 is 0 Å². The normalized spacial score (nSPS) is 15.2. The number of ether oxygens (including phenoxy) is 1. The third kappa shape index (κ3) is 8.88. The first-order valence-electron chi connectivity index (χ1n) is 6.44. The molecule has 2 nitrogen and oxygen atoms in total. The van der Waals surface area contributed by atoms with Crippen LogP contribution >= 0.6 is 0 Å². The third-order valence-corrected chi connectivity index (χ3v) is 2.81. The van der Waals surface area contributed by atoms with E-state index in [9.17, 15) is 5.11 Å². The van der Waals surface area contributed by atoms with E-state index in [0.717, 1.165) is 25.9 Å². The van der Waals surface area contributed by atoms with Crippen LogP contribution in [0.2, 0.25) is 0 Å². The second-order valence-corrected chi connectivity index (χ2v) is 4.46. The van der Waals surface area contributed by atoms with Crippen molar-refractivity contribution in [3.63, 3.8) is 0 Å². The van der Waals surface area contributed by atoms with Gasteiger partial charge in [0.25, 0.3) is 0 Å². The van der Waals surface area contributed by atoms with Crippen molar-refractivity contribution < 1.29 is 9.84 Å². The van der Waals surface area contributed by atoms with Crippen LogP contribution in [0.5, 0.6) is 0 Å². The highest BCUT2D eigenvalue weighted by molar-refractivity contribution is 4.56. The molecule has 91 valence electrons. The molecule has 0 aliphatic rings. The molecular weight excluding hydrogens is 188 g/mol. The largest absolute Gasteiger partial charge is 0.378 e. The van der Waals surface area contributed by atoms with E-state index in [1.54, 1.807) is 0 Å². The van der Waals surface area contributed by atoms with Crippen LogP contribution in [0.4, 0.5) is 0 Å². The molecule has 0 N–H and O–H groups in total. The highest BCUT2D eigenvalue weighted by Crippen LogP contribution is 2.10. The lowest BCUT2D eigenvalue weighted by Crippen LogP contribution is -2.13. The highest BCUT2D eigenvalue weighted by Gasteiger charge is 2.06. The maximum absolute atomic E-state index is 10.5. The van der Waals surface area contributed by atoms with Gasteiger partial charge in [-0.05, 0) is 31.6 Å². The summed E-state index contributed by atoms with van der Waals surface area (Å²) in [5.74, 6) is 0.310. The molecule has 0 aromatic rings. The summed E-state index contributed by atoms with van der Waals surface area (Å²) in [5, 5.41) is 10.5. The predicted molar refractivity (Wildman–Crippen MR) is 63.5 cm³/mol. The van der Waals surface area contributed by atoms with E-state index in [2.05, 4.69) is 13.8 Å². The molecule has 0 aliphatic heterocycles. The van der Waals surface area contributed by atoms with Gasteiger partial charge < -0.3 is 4.74 Å². The molecule has 2 heteroatoms. The molecule has 0 rings (SSSR count). The van der Waals surface area contributed by atoms with Gasteiger partial charge in [-0.25, -0.2) is 5.11 Å². The van der Waals surface area contributed by atoms with Crippen LogP contribution in [0.25, 0.3) is 0 Å². The molecule has 0 aromatic heterocycles. The maximum Gasteiger partial charge on any atom is 0.0847 e. The second kappa shape index (κ2) is 10.4. The lowest BCUT2D eigenvalue weighted by Gasteiger charge is -2.16. The van der Waals surface area contributed by atoms with E-state index in [1.807, 2.05) is 6.92 Å². The minimum absolute atomic E-state index is 0.0487. The van der Waals surface area contributed by atoms with Gasteiger partial charge in [-0.1, -0.05) is 33.6 Å². The quantitative estimate of drug-likeness (QED) is 0.509. The summed E-state index contributed by atoms with van der Waals surface area (Å²) in [6.07, 6.45) is 7.27. The van der Waals surface area contributed by atoms with Gasteiger partial charge in [0.1, 0.15) is 0 Å². The zero-order valence-corrected chi connectivity index (χ0v) is 10.6. The van der Waals surface area contributed by atoms with Gasteiger partial charge >= 0.3 is 0 Å². The first kappa shape index (κ1) is 14.9. The number of hydrogen-bond acceptors (Lipinski definition) is 1. The van der Waals surface area contributed by atoms with Crippen molar-refractivity contribution in [2.24, 2.45) is 5.92 Å². The fourth-order valence-electron chi connectivity index (χ4n) is 1.60. The monoisotopic (exact) mass is 215 g/mol. The molecule has 0 amide bonds. The molecule has 0 fully saturated rings. The Morgan fingerprint density at radius 1 is 1.13 bits per heavy atom. The van der Waals surface area contributed by atoms with E-state index in [-0.39, 0.29) is 6.61 Å². The zero-order valence-electron chi connectivity index (χ0n) is 10.6. The summed E-state index contributed by atoms with van der Waals surface area (Å²) in [7, 11) is 0. The van der Waals surface area contributed by atoms with E-state index in [0.29, 0.717) is 12.0 Å². The van der Waals surface area contributed by atoms with Gasteiger partial charge in [0, 0.05) is 6.61 Å². The number of unbranched alkanes of at least 4 members (excludes halogenated alkanes) is 1. The second-order valence-electron chi connectivity index (χ2n) is 4.46. The van der Waals surface area contributed by atoms with Crippen LogP contribution < -0.4 is 0 Å². The lowest BCUT2D eigenvalue weighted by atomic mass is 10.1. The zero-order chi connectivity index (χ0) is 11.5. The van der Waals surface area contributed by atoms with Gasteiger partial charge in [0.05, 0.1) is 12.7 Å². The van der Waals surface area contributed by atoms with Gasteiger partial charge in [-0.15, -0.1) is 0 Å². The molecule has 0 bridgehead atoms. The van der Waals surface area contributed by atoms with E-state index in [4.69, 9.17) is 4.74 Å². The third-order valence-electron chi connectivity index (χ3n) is 2.81. The van der Waals surface area contributed by atoms with Crippen molar-refractivity contribution in [2.45, 2.75) is 65.4 Å². The molecule has 2 unspecified atom stereocenters. The van der Waals surface area contributed by atoms with Crippen LogP contribution in [0.15, 0.2) is 0 Å². The van der Waals surface area contributed by atoms with Gasteiger partial charge in [-0.3, -0.25) is 0 Å². The van der Waals surface area contributed by atoms with E-state index >= 15 is 0 Å². The summed E-state index contributed by atoms with van der Waals surface area (Å²) < 4.78 is 5.79. The van der Waals surface area contributed by atoms with Crippen molar-refractivity contribution in [3.05, 3.63) is 0 Å². The van der Waals surface area contributed by atoms with E-state index in [1.165, 1.54) is 19.3 Å². The average molecular weight is 215 g/mol. The molecule has 0 saturated carbocycles. The summed E-state index contributed by atoms with van der Waals surface area (Å²) >= 11 is 0. The first-order chi connectivity index (χ1) is 7.24. The Bertz CT molecular complexity index is 126. The topological polar surface area (TPSA) is 29.1 Å². The molecule has 0 aromatic carbocycles. The van der Waals surface area contributed by atoms with Crippen molar-refractivity contribution in [3.8, 4) is 0 Å². The fraction of sp³-hybridized carbons (Fsp3) is 1.00. The molecule has 2 atom stereocenters. The molecule has 1 radical (unpaired) electrons. The van der Waals surface area contributed by atoms with Crippen LogP contribution in [0.1, 0.15) is 59.3 Å². The van der Waals surface area contributed by atoms with Crippen molar-refractivity contribution in [2.75, 3.05) is 13.2 Å². The molecular formula is C13H27O2. The summed E-state index contributed by atoms with van der Waals surface area (Å²) in [4.78, 5) is 0. The predicted octanol–water partition coefficient (Wildman–Crippen LogP) is 3.82. The van der Waals surface area contributed by atoms with Gasteiger partial charge in [0.15, 0.2) is 0 Å². The van der Waals surface area contributed by atoms with Crippen LogP contribution in [-0.2, 0) is 9.84 Å². The Morgan fingerprint density at radius 3 is 2.40 bits per heavy atom. The standard InChI is InChI=1S/C13H27O2/c1-4-6-9-13(5-2)15-10-7-8-12(3)11-14/h12-13H,4-11H2,1-3H3. The molecule has 0 aliphatic carbocycles. The van der Waals surface area contributed by atoms with Gasteiger partial charge in [-0.2, -0.15) is 0 Å². The number of hydrogen-bond donors (Lipinski definition) is 0.